The lowest BCUT2D eigenvalue weighted by Crippen LogP contribution is -2.45. The topological polar surface area (TPSA) is 112 Å². The van der Waals surface area contributed by atoms with E-state index in [-0.39, 0.29) is 5.30 Å². The maximum atomic E-state index is 12.4. The van der Waals surface area contributed by atoms with Crippen molar-refractivity contribution in [2.75, 3.05) is 6.16 Å². The number of carboxylic acid groups (broad SMARTS) is 2. The average Bonchev–Trinajstić information content (AvgIpc) is 3.21. The molecule has 108 valence electrons. The molecule has 20 heavy (non-hydrogen) atoms. The van der Waals surface area contributed by atoms with Gasteiger partial charge >= 0.3 is 11.9 Å². The molecule has 1 aliphatic rings. The summed E-state index contributed by atoms with van der Waals surface area (Å²) in [6, 6.07) is 7.58. The highest BCUT2D eigenvalue weighted by Gasteiger charge is 2.60. The molecule has 2 rings (SSSR count). The van der Waals surface area contributed by atoms with Crippen molar-refractivity contribution in [1.82, 2.24) is 0 Å². The minimum absolute atomic E-state index is 0.0764. The third-order valence-electron chi connectivity index (χ3n) is 3.66. The second-order valence-electron chi connectivity index (χ2n) is 5.05. The number of benzene rings is 1. The molecule has 0 aliphatic heterocycles. The number of hydrogen-bond donors (Lipinski definition) is 3. The van der Waals surface area contributed by atoms with Crippen LogP contribution in [-0.2, 0) is 14.2 Å². The van der Waals surface area contributed by atoms with Crippen LogP contribution in [0.15, 0.2) is 30.3 Å². The molecule has 0 saturated heterocycles. The van der Waals surface area contributed by atoms with E-state index in [0.717, 1.165) is 0 Å². The van der Waals surface area contributed by atoms with E-state index in [1.54, 1.807) is 18.2 Å². The van der Waals surface area contributed by atoms with E-state index in [1.165, 1.54) is 12.1 Å². The molecule has 0 bridgehead atoms. The van der Waals surface area contributed by atoms with Crippen LogP contribution in [0.5, 0.6) is 0 Å². The second-order valence-corrected chi connectivity index (χ2v) is 7.29. The summed E-state index contributed by atoms with van der Waals surface area (Å²) in [5.41, 5.74) is -2.18. The van der Waals surface area contributed by atoms with Crippen molar-refractivity contribution >= 4 is 24.6 Å². The summed E-state index contributed by atoms with van der Waals surface area (Å²) in [6.45, 7) is 0. The Kier molecular flexibility index (Phi) is 3.71. The zero-order valence-electron chi connectivity index (χ0n) is 10.6. The fraction of sp³-hybridized carbons (Fsp3) is 0.385. The molecule has 0 spiro atoms. The van der Waals surface area contributed by atoms with Gasteiger partial charge in [0.05, 0.1) is 6.16 Å². The van der Waals surface area contributed by atoms with Crippen molar-refractivity contribution in [3.05, 3.63) is 30.3 Å². The zero-order chi connectivity index (χ0) is 15.0. The van der Waals surface area contributed by atoms with E-state index in [1.807, 2.05) is 0 Å². The monoisotopic (exact) mass is 298 g/mol. The summed E-state index contributed by atoms with van der Waals surface area (Å²) in [6.07, 6.45) is 0.125. The summed E-state index contributed by atoms with van der Waals surface area (Å²) >= 11 is 0. The van der Waals surface area contributed by atoms with Gasteiger partial charge in [-0.1, -0.05) is 18.2 Å². The average molecular weight is 298 g/mol. The number of carbonyl (C=O) groups is 2. The quantitative estimate of drug-likeness (QED) is 0.536. The first-order chi connectivity index (χ1) is 9.30. The SMILES string of the molecule is O=C(O)C(CP(=O)(O)c1ccccc1)(C(=O)O)C1CC1. The molecule has 1 saturated carbocycles. The first-order valence-corrected chi connectivity index (χ1v) is 7.99. The molecular formula is C13H15O6P. The first kappa shape index (κ1) is 14.8. The van der Waals surface area contributed by atoms with Gasteiger partial charge in [0.15, 0.2) is 5.41 Å². The Morgan fingerprint density at radius 1 is 1.15 bits per heavy atom. The van der Waals surface area contributed by atoms with Crippen LogP contribution in [0.2, 0.25) is 0 Å². The molecule has 0 aromatic heterocycles. The van der Waals surface area contributed by atoms with E-state index in [9.17, 15) is 29.3 Å². The molecule has 1 atom stereocenters. The molecule has 1 aromatic rings. The highest BCUT2D eigenvalue weighted by Crippen LogP contribution is 2.54. The van der Waals surface area contributed by atoms with E-state index < -0.39 is 36.8 Å². The third-order valence-corrected chi connectivity index (χ3v) is 5.69. The Labute approximate surface area is 115 Å². The Morgan fingerprint density at radius 2 is 1.65 bits per heavy atom. The Bertz CT molecular complexity index is 564. The molecule has 1 unspecified atom stereocenters. The molecular weight excluding hydrogens is 283 g/mol. The minimum atomic E-state index is -4.05. The number of hydrogen-bond acceptors (Lipinski definition) is 3. The number of carboxylic acids is 2. The smallest absolute Gasteiger partial charge is 0.321 e. The summed E-state index contributed by atoms with van der Waals surface area (Å²) in [5, 5.41) is 18.7. The van der Waals surface area contributed by atoms with Gasteiger partial charge in [-0.3, -0.25) is 14.2 Å². The van der Waals surface area contributed by atoms with Crippen LogP contribution >= 0.6 is 7.37 Å². The van der Waals surface area contributed by atoms with Crippen LogP contribution in [0, 0.1) is 11.3 Å². The highest BCUT2D eigenvalue weighted by atomic mass is 31.2. The van der Waals surface area contributed by atoms with Crippen LogP contribution < -0.4 is 5.30 Å². The standard InChI is InChI=1S/C13H15O6P/c14-11(15)13(12(16)17,9-6-7-9)8-20(18,19)10-4-2-1-3-5-10/h1-5,9H,6-8H2,(H,14,15)(H,16,17)(H,18,19). The van der Waals surface area contributed by atoms with Crippen molar-refractivity contribution in [3.63, 3.8) is 0 Å². The van der Waals surface area contributed by atoms with E-state index in [0.29, 0.717) is 12.8 Å². The lowest BCUT2D eigenvalue weighted by Gasteiger charge is -2.27. The minimum Gasteiger partial charge on any atom is -0.480 e. The second kappa shape index (κ2) is 5.04. The van der Waals surface area contributed by atoms with E-state index in [2.05, 4.69) is 0 Å². The van der Waals surface area contributed by atoms with Gasteiger partial charge in [-0.05, 0) is 30.9 Å². The highest BCUT2D eigenvalue weighted by molar-refractivity contribution is 7.66. The predicted molar refractivity (Wildman–Crippen MR) is 71.2 cm³/mol. The van der Waals surface area contributed by atoms with Gasteiger partial charge in [-0.25, -0.2) is 0 Å². The van der Waals surface area contributed by atoms with Gasteiger partial charge in [0.25, 0.3) is 0 Å². The van der Waals surface area contributed by atoms with E-state index >= 15 is 0 Å². The van der Waals surface area contributed by atoms with Gasteiger partial charge in [0.2, 0.25) is 7.37 Å². The van der Waals surface area contributed by atoms with Crippen molar-refractivity contribution in [2.24, 2.45) is 11.3 Å². The van der Waals surface area contributed by atoms with Crippen molar-refractivity contribution in [1.29, 1.82) is 0 Å². The molecule has 0 radical (unpaired) electrons. The first-order valence-electron chi connectivity index (χ1n) is 6.15. The molecule has 6 nitrogen and oxygen atoms in total. The summed E-state index contributed by atoms with van der Waals surface area (Å²) in [7, 11) is -4.05. The lowest BCUT2D eigenvalue weighted by molar-refractivity contribution is -0.164. The summed E-state index contributed by atoms with van der Waals surface area (Å²) < 4.78 is 12.4. The van der Waals surface area contributed by atoms with Gasteiger partial charge in [0.1, 0.15) is 0 Å². The Morgan fingerprint density at radius 3 is 2.05 bits per heavy atom. The Hall–Kier alpha value is -1.65. The van der Waals surface area contributed by atoms with Gasteiger partial charge in [0, 0.05) is 5.30 Å². The maximum absolute atomic E-state index is 12.4. The molecule has 0 amide bonds. The fourth-order valence-electron chi connectivity index (χ4n) is 2.37. The van der Waals surface area contributed by atoms with Crippen LogP contribution in [0.4, 0.5) is 0 Å². The third kappa shape index (κ3) is 2.49. The molecule has 3 N–H and O–H groups in total. The lowest BCUT2D eigenvalue weighted by atomic mass is 9.85. The molecule has 1 aromatic carbocycles. The maximum Gasteiger partial charge on any atom is 0.321 e. The summed E-state index contributed by atoms with van der Waals surface area (Å²) in [5.74, 6) is -3.67. The molecule has 7 heteroatoms. The van der Waals surface area contributed by atoms with Gasteiger partial charge in [-0.15, -0.1) is 0 Å². The van der Waals surface area contributed by atoms with Crippen LogP contribution in [0.3, 0.4) is 0 Å². The van der Waals surface area contributed by atoms with Crippen LogP contribution in [-0.4, -0.2) is 33.2 Å². The van der Waals surface area contributed by atoms with Gasteiger partial charge < -0.3 is 15.1 Å². The van der Waals surface area contributed by atoms with Crippen molar-refractivity contribution in [2.45, 2.75) is 12.8 Å². The van der Waals surface area contributed by atoms with Crippen molar-refractivity contribution < 1.29 is 29.3 Å². The predicted octanol–water partition coefficient (Wildman–Crippen LogP) is 1.15. The number of rotatable bonds is 6. The van der Waals surface area contributed by atoms with E-state index in [4.69, 9.17) is 0 Å². The largest absolute Gasteiger partial charge is 0.480 e. The Balaban J connectivity index is 2.40. The fourth-order valence-corrected chi connectivity index (χ4v) is 4.40. The molecule has 0 heterocycles. The van der Waals surface area contributed by atoms with Crippen molar-refractivity contribution in [3.8, 4) is 0 Å². The number of aliphatic carboxylic acids is 2. The van der Waals surface area contributed by atoms with Gasteiger partial charge in [-0.2, -0.15) is 0 Å². The zero-order valence-corrected chi connectivity index (χ0v) is 11.5. The molecule has 1 fully saturated rings. The van der Waals surface area contributed by atoms with Crippen LogP contribution in [0.25, 0.3) is 0 Å². The normalized spacial score (nSPS) is 18.2. The summed E-state index contributed by atoms with van der Waals surface area (Å²) in [4.78, 5) is 33.0. The van der Waals surface area contributed by atoms with Crippen LogP contribution in [0.1, 0.15) is 12.8 Å². The molecule has 1 aliphatic carbocycles.